The molecule has 0 radical (unpaired) electrons. The van der Waals surface area contributed by atoms with Crippen LogP contribution in [0, 0.1) is 17.8 Å². The summed E-state index contributed by atoms with van der Waals surface area (Å²) in [6.07, 6.45) is 8.58. The third-order valence-corrected chi connectivity index (χ3v) is 7.23. The minimum atomic E-state index is -0.972. The van der Waals surface area contributed by atoms with E-state index in [1.807, 2.05) is 6.08 Å². The molecule has 0 bridgehead atoms. The summed E-state index contributed by atoms with van der Waals surface area (Å²) >= 11 is 1.44. The number of furan rings is 1. The Bertz CT molecular complexity index is 1010. The summed E-state index contributed by atoms with van der Waals surface area (Å²) in [6.45, 7) is 2.44. The second-order valence-electron chi connectivity index (χ2n) is 8.30. The predicted molar refractivity (Wildman–Crippen MR) is 117 cm³/mol. The largest absolute Gasteiger partial charge is 0.481 e. The Balaban J connectivity index is 1.59. The van der Waals surface area contributed by atoms with Crippen LogP contribution in [0.15, 0.2) is 35.0 Å². The van der Waals surface area contributed by atoms with E-state index in [9.17, 15) is 19.5 Å². The van der Waals surface area contributed by atoms with Crippen LogP contribution in [0.4, 0.5) is 5.00 Å². The molecule has 0 aliphatic heterocycles. The molecule has 8 heteroatoms. The minimum absolute atomic E-state index is 0.253. The van der Waals surface area contributed by atoms with E-state index < -0.39 is 17.8 Å². The first-order chi connectivity index (χ1) is 14.9. The van der Waals surface area contributed by atoms with E-state index in [-0.39, 0.29) is 18.4 Å². The molecule has 4 rings (SSSR count). The number of carboxylic acids is 1. The zero-order valence-electron chi connectivity index (χ0n) is 17.3. The number of carbonyl (C=O) groups excluding carboxylic acids is 2. The van der Waals surface area contributed by atoms with Gasteiger partial charge in [-0.05, 0) is 55.7 Å². The number of rotatable bonds is 6. The lowest BCUT2D eigenvalue weighted by Gasteiger charge is -2.24. The van der Waals surface area contributed by atoms with Gasteiger partial charge in [0.2, 0.25) is 5.91 Å². The van der Waals surface area contributed by atoms with Crippen molar-refractivity contribution in [3.63, 3.8) is 0 Å². The first kappa shape index (κ1) is 21.4. The summed E-state index contributed by atoms with van der Waals surface area (Å²) < 4.78 is 5.29. The van der Waals surface area contributed by atoms with Gasteiger partial charge in [0.1, 0.15) is 10.8 Å². The van der Waals surface area contributed by atoms with E-state index in [2.05, 4.69) is 17.6 Å². The van der Waals surface area contributed by atoms with Gasteiger partial charge in [-0.3, -0.25) is 14.4 Å². The van der Waals surface area contributed by atoms with Crippen molar-refractivity contribution in [1.82, 2.24) is 5.32 Å². The number of carboxylic acid groups (broad SMARTS) is 1. The molecule has 2 amide bonds. The maximum atomic E-state index is 13.1. The average Bonchev–Trinajstić information content (AvgIpc) is 3.39. The van der Waals surface area contributed by atoms with Gasteiger partial charge >= 0.3 is 5.97 Å². The Morgan fingerprint density at radius 2 is 2.00 bits per heavy atom. The van der Waals surface area contributed by atoms with Crippen molar-refractivity contribution in [1.29, 1.82) is 0 Å². The molecule has 2 aliphatic rings. The third kappa shape index (κ3) is 4.58. The molecule has 0 unspecified atom stereocenters. The van der Waals surface area contributed by atoms with Crippen LogP contribution in [0.5, 0.6) is 0 Å². The predicted octanol–water partition coefficient (Wildman–Crippen LogP) is 4.00. The summed E-state index contributed by atoms with van der Waals surface area (Å²) in [7, 11) is 0. The van der Waals surface area contributed by atoms with Crippen LogP contribution in [0.2, 0.25) is 0 Å². The van der Waals surface area contributed by atoms with Crippen molar-refractivity contribution >= 4 is 34.1 Å². The van der Waals surface area contributed by atoms with Crippen molar-refractivity contribution in [2.24, 2.45) is 17.8 Å². The first-order valence-electron chi connectivity index (χ1n) is 10.6. The van der Waals surface area contributed by atoms with Crippen LogP contribution in [-0.4, -0.2) is 22.9 Å². The highest BCUT2D eigenvalue weighted by molar-refractivity contribution is 7.17. The van der Waals surface area contributed by atoms with Gasteiger partial charge in [0, 0.05) is 4.88 Å². The minimum Gasteiger partial charge on any atom is -0.481 e. The summed E-state index contributed by atoms with van der Waals surface area (Å²) in [6, 6.07) is 3.55. The molecular formula is C23H26N2O5S. The molecule has 0 saturated carbocycles. The number of thiophene rings is 1. The standard InChI is InChI=1S/C23H26N2O5S/c1-13-8-9-17-18(11-13)31-22(19(17)21(27)24-12-14-5-4-10-30-14)25-20(26)15-6-2-3-7-16(15)23(28)29/h2-5,10,13,15-16H,6-9,11-12H2,1H3,(H,24,27)(H,25,26)(H,28,29)/t13-,15+,16-/m1/s1. The molecule has 0 saturated heterocycles. The fourth-order valence-corrected chi connectivity index (χ4v) is 5.74. The second-order valence-corrected chi connectivity index (χ2v) is 9.41. The topological polar surface area (TPSA) is 109 Å². The van der Waals surface area contributed by atoms with E-state index in [1.165, 1.54) is 11.3 Å². The van der Waals surface area contributed by atoms with Crippen LogP contribution in [0.25, 0.3) is 0 Å². The molecule has 3 N–H and O–H groups in total. The van der Waals surface area contributed by atoms with Gasteiger partial charge in [-0.2, -0.15) is 0 Å². The van der Waals surface area contributed by atoms with E-state index in [0.717, 1.165) is 29.7 Å². The maximum Gasteiger partial charge on any atom is 0.307 e. The lowest BCUT2D eigenvalue weighted by molar-refractivity contribution is -0.146. The highest BCUT2D eigenvalue weighted by Crippen LogP contribution is 2.40. The fourth-order valence-electron chi connectivity index (χ4n) is 4.33. The Morgan fingerprint density at radius 1 is 1.23 bits per heavy atom. The highest BCUT2D eigenvalue weighted by Gasteiger charge is 2.35. The molecule has 2 aromatic rings. The summed E-state index contributed by atoms with van der Waals surface area (Å²) in [5.41, 5.74) is 1.50. The number of amides is 2. The smallest absolute Gasteiger partial charge is 0.307 e. The van der Waals surface area contributed by atoms with Crippen molar-refractivity contribution in [2.75, 3.05) is 5.32 Å². The van der Waals surface area contributed by atoms with Gasteiger partial charge in [0.05, 0.1) is 30.2 Å². The van der Waals surface area contributed by atoms with Crippen molar-refractivity contribution in [3.05, 3.63) is 52.3 Å². The van der Waals surface area contributed by atoms with Gasteiger partial charge in [-0.25, -0.2) is 0 Å². The van der Waals surface area contributed by atoms with E-state index in [0.29, 0.717) is 35.1 Å². The molecular weight excluding hydrogens is 416 g/mol. The monoisotopic (exact) mass is 442 g/mol. The number of hydrogen-bond donors (Lipinski definition) is 3. The number of nitrogens with one attached hydrogen (secondary N) is 2. The molecule has 0 spiro atoms. The molecule has 2 aromatic heterocycles. The molecule has 3 atom stereocenters. The summed E-state index contributed by atoms with van der Waals surface area (Å²) in [5, 5.41) is 15.8. The van der Waals surface area contributed by atoms with Crippen LogP contribution in [0.3, 0.4) is 0 Å². The normalized spacial score (nSPS) is 22.5. The van der Waals surface area contributed by atoms with E-state index in [1.54, 1.807) is 24.5 Å². The SMILES string of the molecule is C[C@@H]1CCc2c(sc(NC(=O)[C@H]3CC=CC[C@H]3C(=O)O)c2C(=O)NCc2ccco2)C1. The molecule has 164 valence electrons. The van der Waals surface area contributed by atoms with Crippen LogP contribution in [0.1, 0.15) is 52.7 Å². The van der Waals surface area contributed by atoms with Crippen LogP contribution >= 0.6 is 11.3 Å². The lowest BCUT2D eigenvalue weighted by Crippen LogP contribution is -2.35. The van der Waals surface area contributed by atoms with Crippen LogP contribution < -0.4 is 10.6 Å². The lowest BCUT2D eigenvalue weighted by atomic mass is 9.82. The Kier molecular flexibility index (Phi) is 6.27. The highest BCUT2D eigenvalue weighted by atomic mass is 32.1. The fraction of sp³-hybridized carbons (Fsp3) is 0.435. The second kappa shape index (κ2) is 9.09. The number of anilines is 1. The Labute approximate surface area is 184 Å². The van der Waals surface area contributed by atoms with Gasteiger partial charge in [-0.1, -0.05) is 19.1 Å². The van der Waals surface area contributed by atoms with Crippen molar-refractivity contribution in [2.45, 2.75) is 45.6 Å². The number of hydrogen-bond acceptors (Lipinski definition) is 5. The molecule has 2 heterocycles. The Hall–Kier alpha value is -2.87. The van der Waals surface area contributed by atoms with E-state index in [4.69, 9.17) is 4.42 Å². The molecule has 0 fully saturated rings. The molecule has 0 aromatic carbocycles. The van der Waals surface area contributed by atoms with E-state index >= 15 is 0 Å². The molecule has 31 heavy (non-hydrogen) atoms. The van der Waals surface area contributed by atoms with Gasteiger partial charge in [-0.15, -0.1) is 11.3 Å². The number of aliphatic carboxylic acids is 1. The zero-order chi connectivity index (χ0) is 22.0. The van der Waals surface area contributed by atoms with Gasteiger partial charge < -0.3 is 20.2 Å². The van der Waals surface area contributed by atoms with Gasteiger partial charge in [0.25, 0.3) is 5.91 Å². The molecule has 2 aliphatic carbocycles. The Morgan fingerprint density at radius 3 is 2.71 bits per heavy atom. The number of fused-ring (bicyclic) bond motifs is 1. The average molecular weight is 443 g/mol. The number of allylic oxidation sites excluding steroid dienone is 2. The third-order valence-electron chi connectivity index (χ3n) is 6.07. The van der Waals surface area contributed by atoms with Gasteiger partial charge in [0.15, 0.2) is 0 Å². The maximum absolute atomic E-state index is 13.1. The quantitative estimate of drug-likeness (QED) is 0.586. The summed E-state index contributed by atoms with van der Waals surface area (Å²) in [4.78, 5) is 38.9. The number of carbonyl (C=O) groups is 3. The first-order valence-corrected chi connectivity index (χ1v) is 11.4. The molecule has 7 nitrogen and oxygen atoms in total. The van der Waals surface area contributed by atoms with Crippen molar-refractivity contribution < 1.29 is 23.9 Å². The summed E-state index contributed by atoms with van der Waals surface area (Å²) in [5.74, 6) is -1.81. The zero-order valence-corrected chi connectivity index (χ0v) is 18.2. The van der Waals surface area contributed by atoms with Crippen LogP contribution in [-0.2, 0) is 29.0 Å². The van der Waals surface area contributed by atoms with Crippen molar-refractivity contribution in [3.8, 4) is 0 Å².